The van der Waals surface area contributed by atoms with Crippen LogP contribution >= 0.6 is 0 Å². The fraction of sp³-hybridized carbons (Fsp3) is 0.600. The summed E-state index contributed by atoms with van der Waals surface area (Å²) in [6, 6.07) is 19.0. The Morgan fingerprint density at radius 1 is 0.769 bits per heavy atom. The molecule has 1 aliphatic heterocycles. The number of carbonyl (C=O) groups is 1. The van der Waals surface area contributed by atoms with Crippen molar-refractivity contribution in [2.75, 3.05) is 6.54 Å². The first-order valence-corrected chi connectivity index (χ1v) is 16.0. The molecule has 2 unspecified atom stereocenters. The van der Waals surface area contributed by atoms with Crippen LogP contribution in [0.2, 0.25) is 0 Å². The summed E-state index contributed by atoms with van der Waals surface area (Å²) in [5.41, 5.74) is 3.46. The zero-order valence-electron chi connectivity index (χ0n) is 24.6. The molecule has 0 saturated carbocycles. The number of aromatic nitrogens is 2. The maximum Gasteiger partial charge on any atom is 0.223 e. The highest BCUT2D eigenvalue weighted by Gasteiger charge is 2.36. The molecular weight excluding hydrogens is 478 g/mol. The number of hydrogen-bond donors (Lipinski definition) is 0. The summed E-state index contributed by atoms with van der Waals surface area (Å²) in [4.78, 5) is 20.2. The number of hydrogen-bond acceptors (Lipinski definition) is 2. The van der Waals surface area contributed by atoms with E-state index in [0.717, 1.165) is 24.4 Å². The van der Waals surface area contributed by atoms with Gasteiger partial charge in [-0.3, -0.25) is 4.79 Å². The van der Waals surface area contributed by atoms with E-state index in [-0.39, 0.29) is 17.9 Å². The molecule has 1 aromatic heterocycles. The number of fused-ring (bicyclic) bond motifs is 1. The number of amides is 1. The van der Waals surface area contributed by atoms with E-state index in [4.69, 9.17) is 4.98 Å². The number of imidazole rings is 1. The number of likely N-dealkylation sites (tertiary alicyclic amines) is 1. The predicted octanol–water partition coefficient (Wildman–Crippen LogP) is 9.59. The molecule has 212 valence electrons. The van der Waals surface area contributed by atoms with Crippen molar-refractivity contribution in [2.45, 2.75) is 129 Å². The molecule has 0 N–H and O–H groups in total. The minimum absolute atomic E-state index is 0.0901. The van der Waals surface area contributed by atoms with Crippen LogP contribution in [0.25, 0.3) is 11.0 Å². The van der Waals surface area contributed by atoms with Crippen molar-refractivity contribution in [1.29, 1.82) is 0 Å². The summed E-state index contributed by atoms with van der Waals surface area (Å²) in [5, 5.41) is 0. The van der Waals surface area contributed by atoms with Crippen molar-refractivity contribution in [1.82, 2.24) is 14.5 Å². The third-order valence-corrected chi connectivity index (χ3v) is 8.69. The minimum atomic E-state index is 0.0901. The maximum atomic E-state index is 13.1. The highest BCUT2D eigenvalue weighted by Crippen LogP contribution is 2.35. The van der Waals surface area contributed by atoms with Gasteiger partial charge in [0, 0.05) is 25.4 Å². The molecule has 1 aliphatic rings. The van der Waals surface area contributed by atoms with Gasteiger partial charge in [0.05, 0.1) is 17.1 Å². The van der Waals surface area contributed by atoms with Gasteiger partial charge in [-0.25, -0.2) is 4.98 Å². The lowest BCUT2D eigenvalue weighted by atomic mass is 10.0. The smallest absolute Gasteiger partial charge is 0.223 e. The van der Waals surface area contributed by atoms with Crippen molar-refractivity contribution in [3.63, 3.8) is 0 Å². The number of rotatable bonds is 18. The van der Waals surface area contributed by atoms with Gasteiger partial charge in [-0.05, 0) is 31.0 Å². The van der Waals surface area contributed by atoms with Crippen molar-refractivity contribution in [3.05, 3.63) is 66.0 Å². The number of aryl methyl sites for hydroxylation is 1. The molecule has 4 nitrogen and oxygen atoms in total. The molecule has 0 spiro atoms. The van der Waals surface area contributed by atoms with Gasteiger partial charge < -0.3 is 9.47 Å². The van der Waals surface area contributed by atoms with Gasteiger partial charge in [0.25, 0.3) is 0 Å². The highest BCUT2D eigenvalue weighted by molar-refractivity contribution is 5.81. The molecule has 39 heavy (non-hydrogen) atoms. The van der Waals surface area contributed by atoms with Crippen LogP contribution in [0.15, 0.2) is 54.6 Å². The molecule has 2 heterocycles. The molecule has 0 radical (unpaired) electrons. The quantitative estimate of drug-likeness (QED) is 0.154. The summed E-state index contributed by atoms with van der Waals surface area (Å²) in [6.07, 6.45) is 19.8. The monoisotopic (exact) mass is 529 g/mol. The molecule has 1 saturated heterocycles. The van der Waals surface area contributed by atoms with E-state index in [9.17, 15) is 4.79 Å². The van der Waals surface area contributed by atoms with E-state index in [2.05, 4.69) is 71.8 Å². The minimum Gasteiger partial charge on any atom is -0.335 e. The molecule has 0 bridgehead atoms. The van der Waals surface area contributed by atoms with Crippen molar-refractivity contribution in [2.24, 2.45) is 0 Å². The Morgan fingerprint density at radius 2 is 1.33 bits per heavy atom. The lowest BCUT2D eigenvalue weighted by molar-refractivity contribution is -0.129. The Morgan fingerprint density at radius 3 is 1.97 bits per heavy atom. The first-order chi connectivity index (χ1) is 19.2. The lowest BCUT2D eigenvalue weighted by Crippen LogP contribution is -2.28. The zero-order valence-corrected chi connectivity index (χ0v) is 24.6. The predicted molar refractivity (Wildman–Crippen MR) is 164 cm³/mol. The second-order valence-electron chi connectivity index (χ2n) is 11.7. The van der Waals surface area contributed by atoms with E-state index >= 15 is 0 Å². The fourth-order valence-corrected chi connectivity index (χ4v) is 6.30. The number of carbonyl (C=O) groups excluding carboxylic acids is 1. The second kappa shape index (κ2) is 15.8. The van der Waals surface area contributed by atoms with Crippen LogP contribution in [-0.4, -0.2) is 26.9 Å². The molecule has 3 aromatic rings. The van der Waals surface area contributed by atoms with Gasteiger partial charge >= 0.3 is 0 Å². The van der Waals surface area contributed by atoms with Gasteiger partial charge in [-0.1, -0.05) is 133 Å². The van der Waals surface area contributed by atoms with Crippen LogP contribution in [0.5, 0.6) is 0 Å². The van der Waals surface area contributed by atoms with Crippen LogP contribution in [0.3, 0.4) is 0 Å². The standard InChI is InChI=1S/C35H51N3O/c1-3-4-5-6-7-8-9-10-11-12-13-14-15-21-26-37-33-25-20-19-24-32(33)36-35(37)31-27-34(39)38(28-31)29(2)30-22-17-16-18-23-30/h16-20,22-25,29,31H,3-15,21,26-28H2,1-2H3. The largest absolute Gasteiger partial charge is 0.335 e. The lowest BCUT2D eigenvalue weighted by Gasteiger charge is -2.25. The first kappa shape index (κ1) is 29.4. The van der Waals surface area contributed by atoms with Gasteiger partial charge in [0.1, 0.15) is 5.82 Å². The SMILES string of the molecule is CCCCCCCCCCCCCCCCn1c(C2CC(=O)N(C(C)c3ccccc3)C2)nc2ccccc21. The zero-order chi connectivity index (χ0) is 27.3. The summed E-state index contributed by atoms with van der Waals surface area (Å²) in [5.74, 6) is 1.50. The normalized spacial score (nSPS) is 16.4. The number of benzene rings is 2. The molecule has 1 fully saturated rings. The molecule has 0 aliphatic carbocycles. The summed E-state index contributed by atoms with van der Waals surface area (Å²) in [7, 11) is 0. The molecule has 4 rings (SSSR count). The van der Waals surface area contributed by atoms with Crippen molar-refractivity contribution in [3.8, 4) is 0 Å². The fourth-order valence-electron chi connectivity index (χ4n) is 6.30. The Hall–Kier alpha value is -2.62. The number of para-hydroxylation sites is 2. The van der Waals surface area contributed by atoms with Crippen LogP contribution < -0.4 is 0 Å². The van der Waals surface area contributed by atoms with Gasteiger partial charge in [-0.15, -0.1) is 0 Å². The van der Waals surface area contributed by atoms with Gasteiger partial charge in [0.15, 0.2) is 0 Å². The average molecular weight is 530 g/mol. The van der Waals surface area contributed by atoms with Crippen LogP contribution in [0.1, 0.15) is 134 Å². The van der Waals surface area contributed by atoms with E-state index in [1.807, 2.05) is 6.07 Å². The van der Waals surface area contributed by atoms with Crippen molar-refractivity contribution < 1.29 is 4.79 Å². The molecule has 4 heteroatoms. The molecule has 2 aromatic carbocycles. The van der Waals surface area contributed by atoms with E-state index in [0.29, 0.717) is 6.42 Å². The number of unbranched alkanes of at least 4 members (excludes halogenated alkanes) is 13. The number of nitrogens with zero attached hydrogens (tertiary/aromatic N) is 3. The second-order valence-corrected chi connectivity index (χ2v) is 11.7. The topological polar surface area (TPSA) is 38.1 Å². The van der Waals surface area contributed by atoms with Crippen molar-refractivity contribution >= 4 is 16.9 Å². The molecule has 2 atom stereocenters. The van der Waals surface area contributed by atoms with Crippen LogP contribution in [0.4, 0.5) is 0 Å². The molecule has 1 amide bonds. The maximum absolute atomic E-state index is 13.1. The molecular formula is C35H51N3O. The third kappa shape index (κ3) is 8.43. The van der Waals surface area contributed by atoms with E-state index in [1.54, 1.807) is 0 Å². The first-order valence-electron chi connectivity index (χ1n) is 16.0. The Kier molecular flexibility index (Phi) is 11.9. The van der Waals surface area contributed by atoms with E-state index < -0.39 is 0 Å². The Bertz CT molecular complexity index is 1120. The summed E-state index contributed by atoms with van der Waals surface area (Å²) >= 11 is 0. The van der Waals surface area contributed by atoms with Crippen LogP contribution in [0, 0.1) is 0 Å². The Balaban J connectivity index is 1.22. The van der Waals surface area contributed by atoms with Gasteiger partial charge in [-0.2, -0.15) is 0 Å². The van der Waals surface area contributed by atoms with Crippen LogP contribution in [-0.2, 0) is 11.3 Å². The summed E-state index contributed by atoms with van der Waals surface area (Å²) < 4.78 is 2.42. The summed E-state index contributed by atoms with van der Waals surface area (Å²) in [6.45, 7) is 6.18. The average Bonchev–Trinajstić information content (AvgIpc) is 3.53. The van der Waals surface area contributed by atoms with E-state index in [1.165, 1.54) is 101 Å². The van der Waals surface area contributed by atoms with Gasteiger partial charge in [0.2, 0.25) is 5.91 Å². The highest BCUT2D eigenvalue weighted by atomic mass is 16.2. The Labute approximate surface area is 237 Å². The third-order valence-electron chi connectivity index (χ3n) is 8.69.